The highest BCUT2D eigenvalue weighted by molar-refractivity contribution is 6.31. The van der Waals surface area contributed by atoms with E-state index in [0.29, 0.717) is 20.7 Å². The van der Waals surface area contributed by atoms with Gasteiger partial charge in [0, 0.05) is 10.4 Å². The molecule has 2 rings (SSSR count). The molecule has 0 amide bonds. The number of hydrogen-bond acceptors (Lipinski definition) is 3. The molecule has 0 spiro atoms. The molecule has 0 unspecified atom stereocenters. The fraction of sp³-hybridized carbons (Fsp3) is 0.0909. The summed E-state index contributed by atoms with van der Waals surface area (Å²) in [7, 11) is 0. The molecule has 4 nitrogen and oxygen atoms in total. The van der Waals surface area contributed by atoms with Gasteiger partial charge in [0.1, 0.15) is 6.07 Å². The van der Waals surface area contributed by atoms with Gasteiger partial charge in [-0.1, -0.05) is 11.6 Å². The molecule has 0 fully saturated rings. The first kappa shape index (κ1) is 10.5. The van der Waals surface area contributed by atoms with E-state index in [-0.39, 0.29) is 11.1 Å². The molecule has 80 valence electrons. The second-order valence-electron chi connectivity index (χ2n) is 3.49. The molecule has 0 aliphatic carbocycles. The number of hydrogen-bond donors (Lipinski definition) is 2. The Hall–Kier alpha value is -1.99. The fourth-order valence-corrected chi connectivity index (χ4v) is 1.98. The zero-order valence-corrected chi connectivity index (χ0v) is 9.21. The quantitative estimate of drug-likeness (QED) is 0.685. The van der Waals surface area contributed by atoms with Crippen LogP contribution < -0.4 is 5.49 Å². The molecule has 16 heavy (non-hydrogen) atoms. The van der Waals surface area contributed by atoms with Crippen LogP contribution in [0.3, 0.4) is 0 Å². The summed E-state index contributed by atoms with van der Waals surface area (Å²) < 4.78 is 0.708. The Labute approximate surface area is 96.4 Å². The van der Waals surface area contributed by atoms with Crippen molar-refractivity contribution < 1.29 is 5.21 Å². The highest BCUT2D eigenvalue weighted by Crippen LogP contribution is 2.22. The SMILES string of the molecule is Cc1cc(Cl)cc2cc(C#N)c(=N)n(O)c12. The van der Waals surface area contributed by atoms with Crippen LogP contribution in [-0.2, 0) is 0 Å². The third-order valence-corrected chi connectivity index (χ3v) is 2.61. The van der Waals surface area contributed by atoms with E-state index >= 15 is 0 Å². The minimum Gasteiger partial charge on any atom is -0.426 e. The summed E-state index contributed by atoms with van der Waals surface area (Å²) in [5, 5.41) is 27.3. The van der Waals surface area contributed by atoms with Crippen molar-refractivity contribution in [1.82, 2.24) is 4.73 Å². The normalized spacial score (nSPS) is 10.3. The van der Waals surface area contributed by atoms with E-state index in [2.05, 4.69) is 0 Å². The summed E-state index contributed by atoms with van der Waals surface area (Å²) in [5.74, 6) is 0. The Morgan fingerprint density at radius 2 is 2.12 bits per heavy atom. The van der Waals surface area contributed by atoms with Gasteiger partial charge in [-0.3, -0.25) is 5.41 Å². The summed E-state index contributed by atoms with van der Waals surface area (Å²) >= 11 is 5.89. The summed E-state index contributed by atoms with van der Waals surface area (Å²) in [5.41, 5.74) is 1.13. The van der Waals surface area contributed by atoms with Gasteiger partial charge < -0.3 is 5.21 Å². The summed E-state index contributed by atoms with van der Waals surface area (Å²) in [6.07, 6.45) is 0. The Kier molecular flexibility index (Phi) is 2.33. The third kappa shape index (κ3) is 1.42. The average molecular weight is 234 g/mol. The molecular formula is C11H8ClN3O. The van der Waals surface area contributed by atoms with Crippen molar-refractivity contribution in [3.63, 3.8) is 0 Å². The van der Waals surface area contributed by atoms with E-state index < -0.39 is 0 Å². The van der Waals surface area contributed by atoms with Crippen LogP contribution in [0.25, 0.3) is 10.9 Å². The van der Waals surface area contributed by atoms with E-state index in [9.17, 15) is 5.21 Å². The number of rotatable bonds is 0. The second kappa shape index (κ2) is 3.54. The van der Waals surface area contributed by atoms with Crippen molar-refractivity contribution >= 4 is 22.5 Å². The Morgan fingerprint density at radius 3 is 2.75 bits per heavy atom. The van der Waals surface area contributed by atoms with E-state index in [1.54, 1.807) is 25.1 Å². The number of nitrogens with zero attached hydrogens (tertiary/aromatic N) is 2. The minimum absolute atomic E-state index is 0.108. The summed E-state index contributed by atoms with van der Waals surface area (Å²) in [4.78, 5) is 0. The Bertz CT molecular complexity index is 682. The maximum Gasteiger partial charge on any atom is 0.179 e. The fourth-order valence-electron chi connectivity index (χ4n) is 1.70. The standard InChI is InChI=1S/C11H8ClN3O/c1-6-2-9(12)4-7-3-8(5-13)11(14)15(16)10(6)7/h2-4,14,16H,1H3. The molecule has 0 aliphatic rings. The van der Waals surface area contributed by atoms with Crippen LogP contribution in [0.15, 0.2) is 18.2 Å². The van der Waals surface area contributed by atoms with Crippen molar-refractivity contribution in [2.75, 3.05) is 0 Å². The predicted molar refractivity (Wildman–Crippen MR) is 59.4 cm³/mol. The number of pyridine rings is 1. The highest BCUT2D eigenvalue weighted by atomic mass is 35.5. The monoisotopic (exact) mass is 233 g/mol. The molecular weight excluding hydrogens is 226 g/mol. The molecule has 1 aromatic heterocycles. The van der Waals surface area contributed by atoms with Crippen molar-refractivity contribution in [2.45, 2.75) is 6.92 Å². The van der Waals surface area contributed by atoms with Crippen molar-refractivity contribution in [3.8, 4) is 6.07 Å². The third-order valence-electron chi connectivity index (χ3n) is 2.39. The summed E-state index contributed by atoms with van der Waals surface area (Å²) in [6, 6.07) is 6.75. The van der Waals surface area contributed by atoms with Gasteiger partial charge >= 0.3 is 0 Å². The molecule has 2 N–H and O–H groups in total. The molecule has 0 atom stereocenters. The molecule has 1 aromatic carbocycles. The molecule has 1 heterocycles. The second-order valence-corrected chi connectivity index (χ2v) is 3.93. The number of benzene rings is 1. The van der Waals surface area contributed by atoms with Crippen LogP contribution in [0.4, 0.5) is 0 Å². The summed E-state index contributed by atoms with van der Waals surface area (Å²) in [6.45, 7) is 1.78. The molecule has 0 radical (unpaired) electrons. The lowest BCUT2D eigenvalue weighted by Crippen LogP contribution is -2.21. The lowest BCUT2D eigenvalue weighted by atomic mass is 10.1. The maximum absolute atomic E-state index is 9.78. The smallest absolute Gasteiger partial charge is 0.179 e. The first-order chi connectivity index (χ1) is 7.54. The van der Waals surface area contributed by atoms with Crippen molar-refractivity contribution in [2.24, 2.45) is 0 Å². The number of nitrogens with one attached hydrogen (secondary N) is 1. The van der Waals surface area contributed by atoms with E-state index in [0.717, 1.165) is 5.56 Å². The predicted octanol–water partition coefficient (Wildman–Crippen LogP) is 2.19. The first-order valence-corrected chi connectivity index (χ1v) is 4.92. The first-order valence-electron chi connectivity index (χ1n) is 4.54. The van der Waals surface area contributed by atoms with E-state index in [1.165, 1.54) is 0 Å². The lowest BCUT2D eigenvalue weighted by Gasteiger charge is -2.08. The van der Waals surface area contributed by atoms with Crippen molar-refractivity contribution in [1.29, 1.82) is 10.7 Å². The number of aryl methyl sites for hydroxylation is 1. The van der Waals surface area contributed by atoms with Crippen LogP contribution in [0.1, 0.15) is 11.1 Å². The van der Waals surface area contributed by atoms with Gasteiger partial charge in [-0.25, -0.2) is 0 Å². The van der Waals surface area contributed by atoms with Gasteiger partial charge in [0.05, 0.1) is 11.1 Å². The largest absolute Gasteiger partial charge is 0.426 e. The Balaban J connectivity index is 3.06. The number of fused-ring (bicyclic) bond motifs is 1. The van der Waals surface area contributed by atoms with Gasteiger partial charge in [-0.05, 0) is 30.7 Å². The molecule has 0 bridgehead atoms. The van der Waals surface area contributed by atoms with Crippen LogP contribution in [0.2, 0.25) is 5.02 Å². The van der Waals surface area contributed by atoms with Gasteiger partial charge in [-0.15, -0.1) is 0 Å². The van der Waals surface area contributed by atoms with E-state index in [1.807, 2.05) is 6.07 Å². The molecule has 0 aliphatic heterocycles. The minimum atomic E-state index is -0.222. The topological polar surface area (TPSA) is 72.8 Å². The van der Waals surface area contributed by atoms with Crippen LogP contribution >= 0.6 is 11.6 Å². The van der Waals surface area contributed by atoms with Crippen LogP contribution in [0, 0.1) is 23.7 Å². The van der Waals surface area contributed by atoms with E-state index in [4.69, 9.17) is 22.3 Å². The molecule has 0 saturated carbocycles. The highest BCUT2D eigenvalue weighted by Gasteiger charge is 2.08. The molecule has 0 saturated heterocycles. The number of nitriles is 1. The number of aromatic nitrogens is 1. The van der Waals surface area contributed by atoms with Crippen molar-refractivity contribution in [3.05, 3.63) is 39.8 Å². The van der Waals surface area contributed by atoms with Gasteiger partial charge in [-0.2, -0.15) is 9.99 Å². The lowest BCUT2D eigenvalue weighted by molar-refractivity contribution is 0.183. The maximum atomic E-state index is 9.78. The number of halogens is 1. The van der Waals surface area contributed by atoms with Gasteiger partial charge in [0.2, 0.25) is 0 Å². The van der Waals surface area contributed by atoms with Crippen LogP contribution in [0.5, 0.6) is 0 Å². The zero-order valence-electron chi connectivity index (χ0n) is 8.45. The zero-order chi connectivity index (χ0) is 11.9. The van der Waals surface area contributed by atoms with Gasteiger partial charge in [0.25, 0.3) is 0 Å². The molecule has 5 heteroatoms. The molecule has 2 aromatic rings. The average Bonchev–Trinajstić information content (AvgIpc) is 2.22. The van der Waals surface area contributed by atoms with Crippen LogP contribution in [-0.4, -0.2) is 9.94 Å². The van der Waals surface area contributed by atoms with Gasteiger partial charge in [0.15, 0.2) is 5.49 Å². The Morgan fingerprint density at radius 1 is 1.44 bits per heavy atom.